The minimum Gasteiger partial charge on any atom is -0.289 e. The van der Waals surface area contributed by atoms with Crippen LogP contribution >= 0.6 is 15.9 Å². The lowest BCUT2D eigenvalue weighted by molar-refractivity contribution is 0.103. The minimum absolute atomic E-state index is 0.0764. The van der Waals surface area contributed by atoms with Crippen molar-refractivity contribution in [2.45, 2.75) is 13.8 Å². The van der Waals surface area contributed by atoms with E-state index in [4.69, 9.17) is 0 Å². The average molecular weight is 289 g/mol. The molecule has 2 aromatic rings. The SMILES string of the molecule is Cc1cccc(C(=O)c2cccc(Br)c2C)c1. The molecule has 0 heterocycles. The van der Waals surface area contributed by atoms with E-state index >= 15 is 0 Å². The molecule has 2 rings (SSSR count). The summed E-state index contributed by atoms with van der Waals surface area (Å²) in [5.74, 6) is 0.0764. The van der Waals surface area contributed by atoms with Gasteiger partial charge >= 0.3 is 0 Å². The van der Waals surface area contributed by atoms with Gasteiger partial charge in [0.15, 0.2) is 5.78 Å². The van der Waals surface area contributed by atoms with Crippen molar-refractivity contribution in [1.29, 1.82) is 0 Å². The number of hydrogen-bond donors (Lipinski definition) is 0. The van der Waals surface area contributed by atoms with Gasteiger partial charge in [-0.25, -0.2) is 0 Å². The highest BCUT2D eigenvalue weighted by Crippen LogP contribution is 2.22. The molecule has 0 aliphatic rings. The zero-order valence-electron chi connectivity index (χ0n) is 9.83. The minimum atomic E-state index is 0.0764. The van der Waals surface area contributed by atoms with E-state index in [1.54, 1.807) is 0 Å². The van der Waals surface area contributed by atoms with Gasteiger partial charge in [0.05, 0.1) is 0 Å². The van der Waals surface area contributed by atoms with Gasteiger partial charge in [-0.1, -0.05) is 51.8 Å². The van der Waals surface area contributed by atoms with Crippen LogP contribution in [0.3, 0.4) is 0 Å². The third-order valence-electron chi connectivity index (χ3n) is 2.79. The molecule has 0 amide bonds. The average Bonchev–Trinajstić information content (AvgIpc) is 2.32. The molecule has 0 aliphatic carbocycles. The van der Waals surface area contributed by atoms with Crippen LogP contribution in [0.25, 0.3) is 0 Å². The van der Waals surface area contributed by atoms with Gasteiger partial charge in [-0.3, -0.25) is 4.79 Å². The molecule has 0 fully saturated rings. The van der Waals surface area contributed by atoms with Crippen molar-refractivity contribution in [2.75, 3.05) is 0 Å². The normalized spacial score (nSPS) is 10.3. The van der Waals surface area contributed by atoms with Crippen LogP contribution in [0.4, 0.5) is 0 Å². The number of hydrogen-bond acceptors (Lipinski definition) is 1. The van der Waals surface area contributed by atoms with Gasteiger partial charge in [0.2, 0.25) is 0 Å². The van der Waals surface area contributed by atoms with Crippen LogP contribution in [-0.2, 0) is 0 Å². The first-order valence-electron chi connectivity index (χ1n) is 5.46. The van der Waals surface area contributed by atoms with Gasteiger partial charge in [-0.2, -0.15) is 0 Å². The fraction of sp³-hybridized carbons (Fsp3) is 0.133. The maximum absolute atomic E-state index is 12.4. The molecule has 0 atom stereocenters. The van der Waals surface area contributed by atoms with Gasteiger partial charge in [-0.15, -0.1) is 0 Å². The van der Waals surface area contributed by atoms with E-state index in [9.17, 15) is 4.79 Å². The van der Waals surface area contributed by atoms with Crippen molar-refractivity contribution in [3.63, 3.8) is 0 Å². The van der Waals surface area contributed by atoms with Crippen LogP contribution in [0, 0.1) is 13.8 Å². The molecule has 2 aromatic carbocycles. The van der Waals surface area contributed by atoms with E-state index < -0.39 is 0 Å². The summed E-state index contributed by atoms with van der Waals surface area (Å²) in [6.07, 6.45) is 0. The second kappa shape index (κ2) is 4.84. The molecule has 0 radical (unpaired) electrons. The van der Waals surface area contributed by atoms with Crippen LogP contribution in [-0.4, -0.2) is 5.78 Å². The number of benzene rings is 2. The van der Waals surface area contributed by atoms with Gasteiger partial charge in [0.1, 0.15) is 0 Å². The number of carbonyl (C=O) groups is 1. The van der Waals surface area contributed by atoms with Crippen molar-refractivity contribution in [3.8, 4) is 0 Å². The van der Waals surface area contributed by atoms with Gasteiger partial charge in [0.25, 0.3) is 0 Å². The summed E-state index contributed by atoms with van der Waals surface area (Å²) in [5, 5.41) is 0. The van der Waals surface area contributed by atoms with Crippen LogP contribution in [0.1, 0.15) is 27.0 Å². The standard InChI is InChI=1S/C15H13BrO/c1-10-5-3-6-12(9-10)15(17)13-7-4-8-14(16)11(13)2/h3-9H,1-2H3. The van der Waals surface area contributed by atoms with Gasteiger partial charge in [-0.05, 0) is 31.5 Å². The number of carbonyl (C=O) groups excluding carboxylic acids is 1. The summed E-state index contributed by atoms with van der Waals surface area (Å²) < 4.78 is 0.969. The van der Waals surface area contributed by atoms with E-state index in [1.807, 2.05) is 56.3 Å². The van der Waals surface area contributed by atoms with Crippen molar-refractivity contribution in [2.24, 2.45) is 0 Å². The Morgan fingerprint density at radius 2 is 1.76 bits per heavy atom. The molecule has 0 aliphatic heterocycles. The monoisotopic (exact) mass is 288 g/mol. The smallest absolute Gasteiger partial charge is 0.193 e. The number of aryl methyl sites for hydroxylation is 1. The summed E-state index contributed by atoms with van der Waals surface area (Å²) in [5.41, 5.74) is 3.58. The molecule has 0 aromatic heterocycles. The Morgan fingerprint density at radius 3 is 2.47 bits per heavy atom. The van der Waals surface area contributed by atoms with Crippen molar-refractivity contribution in [1.82, 2.24) is 0 Å². The quantitative estimate of drug-likeness (QED) is 0.753. The van der Waals surface area contributed by atoms with E-state index in [2.05, 4.69) is 15.9 Å². The molecule has 0 saturated carbocycles. The number of halogens is 1. The Morgan fingerprint density at radius 1 is 1.06 bits per heavy atom. The molecule has 0 spiro atoms. The van der Waals surface area contributed by atoms with Gasteiger partial charge in [0, 0.05) is 15.6 Å². The molecule has 1 nitrogen and oxygen atoms in total. The fourth-order valence-corrected chi connectivity index (χ4v) is 2.16. The van der Waals surface area contributed by atoms with Crippen molar-refractivity contribution >= 4 is 21.7 Å². The molecule has 0 bridgehead atoms. The van der Waals surface area contributed by atoms with Crippen molar-refractivity contribution < 1.29 is 4.79 Å². The van der Waals surface area contributed by atoms with Crippen LogP contribution in [0.5, 0.6) is 0 Å². The topological polar surface area (TPSA) is 17.1 Å². The predicted octanol–water partition coefficient (Wildman–Crippen LogP) is 4.30. The first kappa shape index (κ1) is 12.1. The van der Waals surface area contributed by atoms with Crippen LogP contribution < -0.4 is 0 Å². The van der Waals surface area contributed by atoms with E-state index in [1.165, 1.54) is 0 Å². The van der Waals surface area contributed by atoms with E-state index in [0.717, 1.165) is 26.7 Å². The molecule has 0 saturated heterocycles. The Labute approximate surface area is 110 Å². The molecule has 0 unspecified atom stereocenters. The van der Waals surface area contributed by atoms with Crippen LogP contribution in [0.15, 0.2) is 46.9 Å². The molecule has 2 heteroatoms. The fourth-order valence-electron chi connectivity index (χ4n) is 1.80. The Hall–Kier alpha value is -1.41. The van der Waals surface area contributed by atoms with E-state index in [0.29, 0.717) is 0 Å². The number of ketones is 1. The molecular weight excluding hydrogens is 276 g/mol. The highest BCUT2D eigenvalue weighted by atomic mass is 79.9. The Bertz CT molecular complexity index is 573. The maximum atomic E-state index is 12.4. The summed E-state index contributed by atoms with van der Waals surface area (Å²) in [7, 11) is 0. The number of rotatable bonds is 2. The highest BCUT2D eigenvalue weighted by molar-refractivity contribution is 9.10. The highest BCUT2D eigenvalue weighted by Gasteiger charge is 2.12. The Balaban J connectivity index is 2.48. The lowest BCUT2D eigenvalue weighted by Gasteiger charge is -2.07. The Kier molecular flexibility index (Phi) is 3.43. The summed E-state index contributed by atoms with van der Waals surface area (Å²) in [6, 6.07) is 13.4. The maximum Gasteiger partial charge on any atom is 0.193 e. The summed E-state index contributed by atoms with van der Waals surface area (Å²) in [4.78, 5) is 12.4. The zero-order chi connectivity index (χ0) is 12.4. The predicted molar refractivity (Wildman–Crippen MR) is 73.5 cm³/mol. The second-order valence-electron chi connectivity index (χ2n) is 4.11. The first-order valence-corrected chi connectivity index (χ1v) is 6.25. The zero-order valence-corrected chi connectivity index (χ0v) is 11.4. The largest absolute Gasteiger partial charge is 0.289 e. The third kappa shape index (κ3) is 2.47. The molecule has 17 heavy (non-hydrogen) atoms. The molecular formula is C15H13BrO. The lowest BCUT2D eigenvalue weighted by atomic mass is 9.98. The first-order chi connectivity index (χ1) is 8.09. The van der Waals surface area contributed by atoms with Gasteiger partial charge < -0.3 is 0 Å². The second-order valence-corrected chi connectivity index (χ2v) is 4.97. The van der Waals surface area contributed by atoms with Crippen molar-refractivity contribution in [3.05, 3.63) is 69.2 Å². The summed E-state index contributed by atoms with van der Waals surface area (Å²) in [6.45, 7) is 3.94. The molecule has 0 N–H and O–H groups in total. The van der Waals surface area contributed by atoms with E-state index in [-0.39, 0.29) is 5.78 Å². The van der Waals surface area contributed by atoms with Crippen LogP contribution in [0.2, 0.25) is 0 Å². The summed E-state index contributed by atoms with van der Waals surface area (Å²) >= 11 is 3.45. The third-order valence-corrected chi connectivity index (χ3v) is 3.65. The molecule has 86 valence electrons. The lowest BCUT2D eigenvalue weighted by Crippen LogP contribution is -2.04.